The quantitative estimate of drug-likeness (QED) is 0.167. The van der Waals surface area contributed by atoms with Gasteiger partial charge in [-0.15, -0.1) is 0 Å². The number of aromatic nitrogens is 8. The first-order chi connectivity index (χ1) is 30.0. The molecular formula is C48H34N10O3. The van der Waals surface area contributed by atoms with Crippen molar-refractivity contribution in [3.05, 3.63) is 144 Å². The number of allylic oxidation sites excluding steroid dienone is 1. The number of hydrogen-bond donors (Lipinski definition) is 2. The minimum Gasteiger partial charge on any atom is -0.493 e. The number of methoxy groups -OCH3 is 3. The molecule has 0 amide bonds. The number of aromatic amines is 2. The molecule has 11 rings (SSSR count). The number of benzene rings is 5. The Balaban J connectivity index is 1.21. The Labute approximate surface area is 348 Å². The predicted molar refractivity (Wildman–Crippen MR) is 239 cm³/mol. The molecule has 0 aliphatic carbocycles. The molecule has 0 radical (unpaired) electrons. The van der Waals surface area contributed by atoms with Crippen molar-refractivity contribution in [2.75, 3.05) is 21.3 Å². The summed E-state index contributed by atoms with van der Waals surface area (Å²) in [7, 11) is 4.78. The van der Waals surface area contributed by atoms with Gasteiger partial charge >= 0.3 is 0 Å². The fourth-order valence-corrected chi connectivity index (χ4v) is 7.92. The van der Waals surface area contributed by atoms with Gasteiger partial charge in [-0.05, 0) is 29.3 Å². The molecule has 0 spiro atoms. The molecule has 13 nitrogen and oxygen atoms in total. The van der Waals surface area contributed by atoms with Crippen LogP contribution in [0.25, 0.3) is 84.4 Å². The van der Waals surface area contributed by atoms with Crippen molar-refractivity contribution in [2.45, 2.75) is 6.42 Å². The Morgan fingerprint density at radius 2 is 0.934 bits per heavy atom. The summed E-state index contributed by atoms with van der Waals surface area (Å²) in [4.78, 5) is 48.4. The van der Waals surface area contributed by atoms with Crippen LogP contribution in [-0.4, -0.2) is 72.6 Å². The van der Waals surface area contributed by atoms with E-state index in [9.17, 15) is 0 Å². The first-order valence-electron chi connectivity index (χ1n) is 19.6. The molecule has 3 aliphatic heterocycles. The summed E-state index contributed by atoms with van der Waals surface area (Å²) in [6, 6.07) is 37.8. The van der Waals surface area contributed by atoms with Gasteiger partial charge in [-0.25, -0.2) is 39.9 Å². The Kier molecular flexibility index (Phi) is 8.51. The first-order valence-corrected chi connectivity index (χ1v) is 19.6. The zero-order chi connectivity index (χ0) is 41.0. The van der Waals surface area contributed by atoms with Crippen molar-refractivity contribution in [2.24, 2.45) is 9.98 Å². The Morgan fingerprint density at radius 1 is 0.475 bits per heavy atom. The molecule has 0 unspecified atom stereocenters. The molecular weight excluding hydrogens is 765 g/mol. The van der Waals surface area contributed by atoms with Crippen LogP contribution in [0.3, 0.4) is 0 Å². The lowest BCUT2D eigenvalue weighted by Gasteiger charge is -2.13. The van der Waals surface area contributed by atoms with Gasteiger partial charge in [0.05, 0.1) is 27.0 Å². The molecule has 5 aromatic carbocycles. The van der Waals surface area contributed by atoms with Crippen LogP contribution in [0.1, 0.15) is 29.2 Å². The van der Waals surface area contributed by atoms with E-state index in [0.717, 1.165) is 55.2 Å². The summed E-state index contributed by atoms with van der Waals surface area (Å²) in [5, 5.41) is 3.47. The first kappa shape index (κ1) is 35.8. The molecule has 0 fully saturated rings. The highest BCUT2D eigenvalue weighted by Gasteiger charge is 2.28. The lowest BCUT2D eigenvalue weighted by molar-refractivity contribution is 0.324. The summed E-state index contributed by atoms with van der Waals surface area (Å²) < 4.78 is 16.9. The van der Waals surface area contributed by atoms with E-state index in [0.29, 0.717) is 80.9 Å². The Morgan fingerprint density at radius 3 is 1.44 bits per heavy atom. The van der Waals surface area contributed by atoms with Crippen LogP contribution in [0.2, 0.25) is 0 Å². The lowest BCUT2D eigenvalue weighted by atomic mass is 10.0. The molecule has 0 saturated carbocycles. The Hall–Kier alpha value is -8.32. The van der Waals surface area contributed by atoms with E-state index >= 15 is 0 Å². The zero-order valence-corrected chi connectivity index (χ0v) is 33.1. The minimum atomic E-state index is 0.344. The molecule has 294 valence electrons. The van der Waals surface area contributed by atoms with E-state index in [1.165, 1.54) is 0 Å². The van der Waals surface area contributed by atoms with Crippen LogP contribution >= 0.6 is 0 Å². The number of fused-ring (bicyclic) bond motifs is 19. The van der Waals surface area contributed by atoms with Gasteiger partial charge in [-0.3, -0.25) is 0 Å². The summed E-state index contributed by atoms with van der Waals surface area (Å²) in [6.45, 7) is 0. The summed E-state index contributed by atoms with van der Waals surface area (Å²) in [5.74, 6) is 3.38. The average molecular weight is 799 g/mol. The van der Waals surface area contributed by atoms with Crippen LogP contribution in [0.5, 0.6) is 17.2 Å². The normalized spacial score (nSPS) is 13.5. The second-order valence-electron chi connectivity index (χ2n) is 14.4. The van der Waals surface area contributed by atoms with Crippen molar-refractivity contribution in [1.82, 2.24) is 39.9 Å². The van der Waals surface area contributed by atoms with E-state index < -0.39 is 0 Å². The van der Waals surface area contributed by atoms with Gasteiger partial charge in [0.15, 0.2) is 34.8 Å². The molecule has 8 bridgehead atoms. The zero-order valence-electron chi connectivity index (χ0n) is 33.1. The van der Waals surface area contributed by atoms with Crippen LogP contribution in [-0.2, 0) is 0 Å². The van der Waals surface area contributed by atoms with Crippen LogP contribution in [0, 0.1) is 0 Å². The third-order valence-electron chi connectivity index (χ3n) is 10.8. The van der Waals surface area contributed by atoms with E-state index in [-0.39, 0.29) is 0 Å². The van der Waals surface area contributed by atoms with Crippen LogP contribution in [0.4, 0.5) is 0 Å². The highest BCUT2D eigenvalue weighted by atomic mass is 16.5. The molecule has 0 atom stereocenters. The van der Waals surface area contributed by atoms with Crippen molar-refractivity contribution in [3.8, 4) is 40.0 Å². The van der Waals surface area contributed by atoms with Crippen molar-refractivity contribution in [3.63, 3.8) is 0 Å². The molecule has 3 aliphatic rings. The SMILES string of the molecule is COc1cc(/C=C/C2=NC3=C(N=C(c4ccccc4)C2)c2nc3nc3[nH]c(nc4nc(nc5[nH]c(n2)c2ccccc52)-c2ccccc2-4)c2ccccc32)cc(OC)c1OC. The standard InChI is InChI=1S/C48H34N10O3/c1-59-36-23-26(24-37(60-2)40(36)61-3)21-22-28-25-35(27-13-5-4-6-14-27)50-39-38(49-28)47-56-45-33-19-11-9-17-31(33)43(54-45)52-41-29-15-7-8-16-30(29)42(51-41)53-44-32-18-10-12-20-34(32)46(55-44)57-48(39)58-47/h4-24H,25H2,1-3H3,(H2,51,52,53,54,55,56,57,58)/b22-21+. The number of aliphatic imine (C=N–C) groups is 2. The smallest absolute Gasteiger partial charge is 0.203 e. The molecule has 61 heavy (non-hydrogen) atoms. The third kappa shape index (κ3) is 6.18. The highest BCUT2D eigenvalue weighted by Crippen LogP contribution is 2.40. The third-order valence-corrected chi connectivity index (χ3v) is 10.8. The van der Waals surface area contributed by atoms with Gasteiger partial charge in [0, 0.05) is 44.8 Å². The van der Waals surface area contributed by atoms with Crippen LogP contribution in [0.15, 0.2) is 131 Å². The molecule has 0 saturated heterocycles. The predicted octanol–water partition coefficient (Wildman–Crippen LogP) is 9.43. The van der Waals surface area contributed by atoms with E-state index in [2.05, 4.69) is 9.97 Å². The maximum absolute atomic E-state index is 5.65. The van der Waals surface area contributed by atoms with Gasteiger partial charge in [-0.1, -0.05) is 109 Å². The van der Waals surface area contributed by atoms with Crippen LogP contribution < -0.4 is 14.2 Å². The summed E-state index contributed by atoms with van der Waals surface area (Å²) in [5.41, 5.74) is 8.34. The number of H-pyrrole nitrogens is 2. The summed E-state index contributed by atoms with van der Waals surface area (Å²) in [6.07, 6.45) is 4.34. The number of nitrogens with zero attached hydrogens (tertiary/aromatic N) is 8. The number of nitrogens with one attached hydrogen (secondary N) is 2. The number of ether oxygens (including phenoxy) is 3. The number of rotatable bonds is 6. The fraction of sp³-hybridized carbons (Fsp3) is 0.0833. The molecule has 8 aromatic rings. The van der Waals surface area contributed by atoms with Gasteiger partial charge in [0.25, 0.3) is 0 Å². The van der Waals surface area contributed by atoms with E-state index in [4.69, 9.17) is 54.1 Å². The fourth-order valence-electron chi connectivity index (χ4n) is 7.92. The van der Waals surface area contributed by atoms with E-state index in [1.807, 2.05) is 127 Å². The number of hydrogen-bond acceptors (Lipinski definition) is 11. The molecule has 2 N–H and O–H groups in total. The largest absolute Gasteiger partial charge is 0.493 e. The lowest BCUT2D eigenvalue weighted by Crippen LogP contribution is -2.07. The topological polar surface area (TPSA) is 161 Å². The summed E-state index contributed by atoms with van der Waals surface area (Å²) >= 11 is 0. The average Bonchev–Trinajstić information content (AvgIpc) is 3.99. The maximum Gasteiger partial charge on any atom is 0.203 e. The van der Waals surface area contributed by atoms with Gasteiger partial charge in [0.1, 0.15) is 34.0 Å². The highest BCUT2D eigenvalue weighted by molar-refractivity contribution is 6.21. The molecule has 3 aromatic heterocycles. The van der Waals surface area contributed by atoms with Crippen molar-refractivity contribution >= 4 is 73.0 Å². The second kappa shape index (κ2) is 14.5. The Bertz CT molecular complexity index is 3390. The van der Waals surface area contributed by atoms with Gasteiger partial charge in [0.2, 0.25) is 5.75 Å². The second-order valence-corrected chi connectivity index (χ2v) is 14.4. The van der Waals surface area contributed by atoms with Crippen molar-refractivity contribution in [1.29, 1.82) is 0 Å². The minimum absolute atomic E-state index is 0.344. The molecule has 6 heterocycles. The van der Waals surface area contributed by atoms with Gasteiger partial charge in [-0.2, -0.15) is 0 Å². The van der Waals surface area contributed by atoms with Gasteiger partial charge < -0.3 is 24.2 Å². The molecule has 13 heteroatoms. The maximum atomic E-state index is 5.65. The van der Waals surface area contributed by atoms with E-state index in [1.54, 1.807) is 21.3 Å². The van der Waals surface area contributed by atoms with Crippen molar-refractivity contribution < 1.29 is 14.2 Å². The monoisotopic (exact) mass is 798 g/mol.